The van der Waals surface area contributed by atoms with Gasteiger partial charge in [0, 0.05) is 37.8 Å². The molecule has 0 unspecified atom stereocenters. The second-order valence-electron chi connectivity index (χ2n) is 6.16. The maximum absolute atomic E-state index is 12.6. The first-order valence-corrected chi connectivity index (χ1v) is 8.34. The van der Waals surface area contributed by atoms with E-state index in [1.165, 1.54) is 0 Å². The van der Waals surface area contributed by atoms with E-state index in [0.717, 1.165) is 42.9 Å². The van der Waals surface area contributed by atoms with Crippen LogP contribution in [0.2, 0.25) is 0 Å². The van der Waals surface area contributed by atoms with Crippen LogP contribution in [-0.4, -0.2) is 45.6 Å². The number of ether oxygens (including phenoxy) is 1. The monoisotopic (exact) mass is 328 g/mol. The zero-order valence-corrected chi connectivity index (χ0v) is 13.5. The number of aromatic nitrogens is 2. The van der Waals surface area contributed by atoms with Crippen LogP contribution in [0.15, 0.2) is 29.0 Å². The summed E-state index contributed by atoms with van der Waals surface area (Å²) in [5.41, 5.74) is 1.74. The molecule has 1 saturated heterocycles. The summed E-state index contributed by atoms with van der Waals surface area (Å²) in [7, 11) is 0. The van der Waals surface area contributed by atoms with Gasteiger partial charge in [-0.3, -0.25) is 4.98 Å². The van der Waals surface area contributed by atoms with Crippen LogP contribution in [0.25, 0.3) is 0 Å². The van der Waals surface area contributed by atoms with Gasteiger partial charge in [0.25, 0.3) is 0 Å². The van der Waals surface area contributed by atoms with Crippen LogP contribution in [0, 0.1) is 0 Å². The summed E-state index contributed by atoms with van der Waals surface area (Å²) < 4.78 is 11.1. The van der Waals surface area contributed by atoms with Gasteiger partial charge in [-0.05, 0) is 25.0 Å². The lowest BCUT2D eigenvalue weighted by atomic mass is 10.1. The molecule has 0 atom stereocenters. The fraction of sp³-hybridized carbons (Fsp3) is 0.471. The Balaban J connectivity index is 1.44. The molecule has 4 rings (SSSR count). The van der Waals surface area contributed by atoms with Crippen molar-refractivity contribution in [3.05, 3.63) is 41.5 Å². The Kier molecular flexibility index (Phi) is 4.06. The van der Waals surface area contributed by atoms with Gasteiger partial charge in [0.1, 0.15) is 23.8 Å². The molecule has 1 fully saturated rings. The number of rotatable bonds is 3. The lowest BCUT2D eigenvalue weighted by Gasteiger charge is -2.30. The summed E-state index contributed by atoms with van der Waals surface area (Å²) in [5.74, 6) is 1.56. The van der Waals surface area contributed by atoms with E-state index in [4.69, 9.17) is 9.26 Å². The molecule has 4 heterocycles. The van der Waals surface area contributed by atoms with Crippen molar-refractivity contribution in [3.63, 3.8) is 0 Å². The summed E-state index contributed by atoms with van der Waals surface area (Å²) in [6, 6.07) is 3.80. The predicted octanol–water partition coefficient (Wildman–Crippen LogP) is 2.22. The van der Waals surface area contributed by atoms with E-state index >= 15 is 0 Å². The molecular formula is C17H20N4O3. The first-order valence-electron chi connectivity index (χ1n) is 8.34. The van der Waals surface area contributed by atoms with E-state index < -0.39 is 0 Å². The Labute approximate surface area is 140 Å². The smallest absolute Gasteiger partial charge is 0.320 e. The summed E-state index contributed by atoms with van der Waals surface area (Å²) in [6.45, 7) is 3.27. The highest BCUT2D eigenvalue weighted by atomic mass is 16.5. The molecule has 2 aliphatic heterocycles. The third-order valence-electron chi connectivity index (χ3n) is 4.57. The van der Waals surface area contributed by atoms with Gasteiger partial charge in [-0.1, -0.05) is 5.16 Å². The molecule has 2 aliphatic rings. The zero-order valence-electron chi connectivity index (χ0n) is 13.5. The van der Waals surface area contributed by atoms with Gasteiger partial charge in [0.15, 0.2) is 0 Å². The van der Waals surface area contributed by atoms with E-state index in [1.54, 1.807) is 12.4 Å². The van der Waals surface area contributed by atoms with Gasteiger partial charge in [0.05, 0.1) is 12.7 Å². The van der Waals surface area contributed by atoms with Crippen molar-refractivity contribution in [1.29, 1.82) is 0 Å². The Morgan fingerprint density at radius 1 is 1.25 bits per heavy atom. The second kappa shape index (κ2) is 6.51. The van der Waals surface area contributed by atoms with E-state index in [2.05, 4.69) is 10.1 Å². The minimum atomic E-state index is 0.124. The maximum Gasteiger partial charge on any atom is 0.320 e. The topological polar surface area (TPSA) is 71.7 Å². The van der Waals surface area contributed by atoms with Crippen molar-refractivity contribution < 1.29 is 14.1 Å². The fourth-order valence-electron chi connectivity index (χ4n) is 3.23. The largest absolute Gasteiger partial charge is 0.486 e. The molecule has 2 amide bonds. The van der Waals surface area contributed by atoms with Gasteiger partial charge in [-0.2, -0.15) is 0 Å². The molecule has 0 radical (unpaired) electrons. The van der Waals surface area contributed by atoms with Crippen LogP contribution in [0.4, 0.5) is 4.79 Å². The van der Waals surface area contributed by atoms with E-state index in [9.17, 15) is 4.79 Å². The van der Waals surface area contributed by atoms with Gasteiger partial charge in [-0.15, -0.1) is 0 Å². The van der Waals surface area contributed by atoms with Crippen molar-refractivity contribution in [2.45, 2.75) is 32.4 Å². The van der Waals surface area contributed by atoms with E-state index in [1.807, 2.05) is 21.9 Å². The van der Waals surface area contributed by atoms with Crippen molar-refractivity contribution in [3.8, 4) is 5.75 Å². The van der Waals surface area contributed by atoms with Crippen LogP contribution in [0.1, 0.15) is 29.9 Å². The Morgan fingerprint density at radius 3 is 2.92 bits per heavy atom. The summed E-state index contributed by atoms with van der Waals surface area (Å²) >= 11 is 0. The van der Waals surface area contributed by atoms with Crippen LogP contribution in [0.5, 0.6) is 5.75 Å². The molecular weight excluding hydrogens is 308 g/mol. The molecule has 0 saturated carbocycles. The van der Waals surface area contributed by atoms with Gasteiger partial charge in [0.2, 0.25) is 0 Å². The number of urea groups is 1. The second-order valence-corrected chi connectivity index (χ2v) is 6.16. The number of likely N-dealkylation sites (tertiary alicyclic amines) is 1. The fourth-order valence-corrected chi connectivity index (χ4v) is 3.23. The molecule has 0 aliphatic carbocycles. The average molecular weight is 328 g/mol. The molecule has 0 bridgehead atoms. The molecule has 0 aromatic carbocycles. The molecule has 126 valence electrons. The number of hydrogen-bond donors (Lipinski definition) is 0. The zero-order chi connectivity index (χ0) is 16.4. The molecule has 0 spiro atoms. The molecule has 2 aromatic rings. The predicted molar refractivity (Wildman–Crippen MR) is 85.4 cm³/mol. The van der Waals surface area contributed by atoms with Gasteiger partial charge < -0.3 is 19.1 Å². The highest BCUT2D eigenvalue weighted by Crippen LogP contribution is 2.25. The Morgan fingerprint density at radius 2 is 2.12 bits per heavy atom. The van der Waals surface area contributed by atoms with Crippen LogP contribution < -0.4 is 4.74 Å². The van der Waals surface area contributed by atoms with E-state index in [0.29, 0.717) is 31.9 Å². The molecule has 24 heavy (non-hydrogen) atoms. The minimum absolute atomic E-state index is 0.124. The van der Waals surface area contributed by atoms with Crippen molar-refractivity contribution >= 4 is 6.03 Å². The highest BCUT2D eigenvalue weighted by molar-refractivity contribution is 5.75. The number of amides is 2. The SMILES string of the molecule is O=C(N1CCCC1)N1CCc2onc(COc3cccnc3)c2C1. The first kappa shape index (κ1) is 15.0. The third kappa shape index (κ3) is 2.93. The third-order valence-corrected chi connectivity index (χ3v) is 4.57. The maximum atomic E-state index is 12.6. The summed E-state index contributed by atoms with van der Waals surface area (Å²) in [4.78, 5) is 20.4. The van der Waals surface area contributed by atoms with Crippen LogP contribution >= 0.6 is 0 Å². The Hall–Kier alpha value is -2.57. The number of fused-ring (bicyclic) bond motifs is 1. The normalized spacial score (nSPS) is 17.0. The highest BCUT2D eigenvalue weighted by Gasteiger charge is 2.30. The number of pyridine rings is 1. The quantitative estimate of drug-likeness (QED) is 0.864. The number of hydrogen-bond acceptors (Lipinski definition) is 5. The van der Waals surface area contributed by atoms with E-state index in [-0.39, 0.29) is 6.03 Å². The lowest BCUT2D eigenvalue weighted by Crippen LogP contribution is -2.44. The van der Waals surface area contributed by atoms with Crippen molar-refractivity contribution in [2.24, 2.45) is 0 Å². The standard InChI is InChI=1S/C17H20N4O3/c22-17(20-7-1-2-8-20)21-9-5-16-14(11-21)15(19-24-16)12-23-13-4-3-6-18-10-13/h3-4,6,10H,1-2,5,7-9,11-12H2. The van der Waals surface area contributed by atoms with Crippen LogP contribution in [0.3, 0.4) is 0 Å². The summed E-state index contributed by atoms with van der Waals surface area (Å²) in [5, 5.41) is 4.13. The van der Waals surface area contributed by atoms with Crippen LogP contribution in [-0.2, 0) is 19.6 Å². The number of carbonyl (C=O) groups is 1. The first-order chi connectivity index (χ1) is 11.8. The minimum Gasteiger partial charge on any atom is -0.486 e. The Bertz CT molecular complexity index is 710. The molecule has 7 heteroatoms. The number of carbonyl (C=O) groups excluding carboxylic acids is 1. The van der Waals surface area contributed by atoms with Crippen molar-refractivity contribution in [1.82, 2.24) is 19.9 Å². The summed E-state index contributed by atoms with van der Waals surface area (Å²) in [6.07, 6.45) is 6.27. The van der Waals surface area contributed by atoms with Gasteiger partial charge in [-0.25, -0.2) is 4.79 Å². The number of nitrogens with zero attached hydrogens (tertiary/aromatic N) is 4. The lowest BCUT2D eigenvalue weighted by molar-refractivity contribution is 0.154. The molecule has 0 N–H and O–H groups in total. The van der Waals surface area contributed by atoms with Crippen molar-refractivity contribution in [2.75, 3.05) is 19.6 Å². The average Bonchev–Trinajstić information content (AvgIpc) is 3.30. The molecule has 2 aromatic heterocycles. The molecule has 7 nitrogen and oxygen atoms in total. The van der Waals surface area contributed by atoms with Gasteiger partial charge >= 0.3 is 6.03 Å².